The van der Waals surface area contributed by atoms with Crippen LogP contribution in [-0.4, -0.2) is 23.2 Å². The largest absolute Gasteiger partial charge is 0.493 e. The minimum Gasteiger partial charge on any atom is -0.493 e. The van der Waals surface area contributed by atoms with Crippen molar-refractivity contribution in [2.45, 2.75) is 13.1 Å². The molecule has 0 unspecified atom stereocenters. The molecule has 0 amide bonds. The minimum absolute atomic E-state index is 0.701. The fraction of sp³-hybridized carbons (Fsp3) is 0.267. The highest BCUT2D eigenvalue weighted by atomic mass is 16.5. The Labute approximate surface area is 117 Å². The summed E-state index contributed by atoms with van der Waals surface area (Å²) in [5.74, 6) is 1.68. The van der Waals surface area contributed by atoms with Gasteiger partial charge in [0.25, 0.3) is 0 Å². The molecule has 0 aliphatic carbocycles. The molecule has 5 nitrogen and oxygen atoms in total. The van der Waals surface area contributed by atoms with Gasteiger partial charge in [-0.15, -0.1) is 0 Å². The van der Waals surface area contributed by atoms with Crippen LogP contribution in [0.3, 0.4) is 0 Å². The number of benzene rings is 1. The summed E-state index contributed by atoms with van der Waals surface area (Å²) < 4.78 is 13.1. The Morgan fingerprint density at radius 1 is 1.40 bits per heavy atom. The predicted octanol–water partition coefficient (Wildman–Crippen LogP) is 2.43. The fourth-order valence-electron chi connectivity index (χ4n) is 2.18. The maximum Gasteiger partial charge on any atom is 0.176 e. The van der Waals surface area contributed by atoms with E-state index < -0.39 is 0 Å². The molecule has 3 aromatic rings. The molecule has 3 rings (SSSR count). The van der Waals surface area contributed by atoms with Crippen LogP contribution in [-0.2, 0) is 13.1 Å². The van der Waals surface area contributed by atoms with Crippen molar-refractivity contribution < 1.29 is 9.15 Å². The molecule has 0 bridgehead atoms. The average molecular weight is 271 g/mol. The molecule has 0 radical (unpaired) electrons. The molecule has 2 aromatic heterocycles. The van der Waals surface area contributed by atoms with E-state index in [1.165, 1.54) is 0 Å². The van der Waals surface area contributed by atoms with Crippen LogP contribution in [0.5, 0.6) is 5.75 Å². The van der Waals surface area contributed by atoms with Crippen LogP contribution >= 0.6 is 0 Å². The van der Waals surface area contributed by atoms with Gasteiger partial charge in [-0.05, 0) is 12.1 Å². The van der Waals surface area contributed by atoms with Crippen LogP contribution in [0.4, 0.5) is 0 Å². The van der Waals surface area contributed by atoms with Crippen molar-refractivity contribution in [2.75, 3.05) is 13.7 Å². The normalized spacial score (nSPS) is 11.1. The Balaban J connectivity index is 1.60. The summed E-state index contributed by atoms with van der Waals surface area (Å²) in [5.41, 5.74) is 0.807. The molecule has 1 aromatic carbocycles. The number of hydrogen-bond acceptors (Lipinski definition) is 4. The maximum atomic E-state index is 5.82. The Morgan fingerprint density at radius 3 is 3.15 bits per heavy atom. The Kier molecular flexibility index (Phi) is 3.69. The van der Waals surface area contributed by atoms with Gasteiger partial charge >= 0.3 is 0 Å². The van der Waals surface area contributed by atoms with Gasteiger partial charge in [0.05, 0.1) is 20.0 Å². The highest BCUT2D eigenvalue weighted by molar-refractivity contribution is 5.83. The van der Waals surface area contributed by atoms with E-state index in [-0.39, 0.29) is 0 Å². The lowest BCUT2D eigenvalue weighted by Gasteiger charge is -2.03. The first-order valence-corrected chi connectivity index (χ1v) is 6.59. The van der Waals surface area contributed by atoms with E-state index in [2.05, 4.69) is 10.3 Å². The zero-order valence-corrected chi connectivity index (χ0v) is 11.4. The Bertz CT molecular complexity index is 674. The summed E-state index contributed by atoms with van der Waals surface area (Å²) >= 11 is 0. The molecule has 1 N–H and O–H groups in total. The third-order valence-electron chi connectivity index (χ3n) is 3.18. The molecule has 104 valence electrons. The summed E-state index contributed by atoms with van der Waals surface area (Å²) in [7, 11) is 1.65. The lowest BCUT2D eigenvalue weighted by molar-refractivity contribution is 0.406. The lowest BCUT2D eigenvalue weighted by Crippen LogP contribution is -2.18. The molecule has 0 fully saturated rings. The SMILES string of the molecule is COc1cccc2cc(CNCCn3ccnc3)oc12. The van der Waals surface area contributed by atoms with Crippen LogP contribution in [0.15, 0.2) is 47.4 Å². The number of imidazole rings is 1. The van der Waals surface area contributed by atoms with Crippen LogP contribution in [0.1, 0.15) is 5.76 Å². The van der Waals surface area contributed by atoms with Gasteiger partial charge < -0.3 is 19.0 Å². The molecule has 0 atom stereocenters. The first-order chi connectivity index (χ1) is 9.86. The Hall–Kier alpha value is -2.27. The summed E-state index contributed by atoms with van der Waals surface area (Å²) in [6.07, 6.45) is 5.55. The van der Waals surface area contributed by atoms with Crippen LogP contribution in [0, 0.1) is 0 Å². The first kappa shape index (κ1) is 12.7. The molecule has 0 aliphatic heterocycles. The predicted molar refractivity (Wildman–Crippen MR) is 76.7 cm³/mol. The molecule has 0 aliphatic rings. The van der Waals surface area contributed by atoms with Crippen molar-refractivity contribution in [1.82, 2.24) is 14.9 Å². The summed E-state index contributed by atoms with van der Waals surface area (Å²) in [6.45, 7) is 2.46. The number of nitrogens with zero attached hydrogens (tertiary/aromatic N) is 2. The number of nitrogens with one attached hydrogen (secondary N) is 1. The summed E-state index contributed by atoms with van der Waals surface area (Å²) in [5, 5.41) is 4.42. The van der Waals surface area contributed by atoms with Gasteiger partial charge in [0.15, 0.2) is 11.3 Å². The molecule has 5 heteroatoms. The van der Waals surface area contributed by atoms with Crippen molar-refractivity contribution in [2.24, 2.45) is 0 Å². The second kappa shape index (κ2) is 5.79. The highest BCUT2D eigenvalue weighted by Crippen LogP contribution is 2.28. The van der Waals surface area contributed by atoms with Gasteiger partial charge in [0.2, 0.25) is 0 Å². The molecule has 0 saturated carbocycles. The van der Waals surface area contributed by atoms with E-state index in [1.54, 1.807) is 13.3 Å². The van der Waals surface area contributed by atoms with E-state index in [9.17, 15) is 0 Å². The van der Waals surface area contributed by atoms with Crippen molar-refractivity contribution in [3.05, 3.63) is 48.7 Å². The zero-order chi connectivity index (χ0) is 13.8. The number of fused-ring (bicyclic) bond motifs is 1. The van der Waals surface area contributed by atoms with E-state index >= 15 is 0 Å². The van der Waals surface area contributed by atoms with Crippen LogP contribution in [0.25, 0.3) is 11.0 Å². The third kappa shape index (κ3) is 2.67. The van der Waals surface area contributed by atoms with Crippen molar-refractivity contribution in [3.8, 4) is 5.75 Å². The highest BCUT2D eigenvalue weighted by Gasteiger charge is 2.07. The second-order valence-electron chi connectivity index (χ2n) is 4.57. The van der Waals surface area contributed by atoms with E-state index in [0.29, 0.717) is 6.54 Å². The average Bonchev–Trinajstić information content (AvgIpc) is 3.11. The second-order valence-corrected chi connectivity index (χ2v) is 4.57. The van der Waals surface area contributed by atoms with Crippen molar-refractivity contribution in [1.29, 1.82) is 0 Å². The molecule has 2 heterocycles. The Morgan fingerprint density at radius 2 is 2.35 bits per heavy atom. The maximum absolute atomic E-state index is 5.82. The fourth-order valence-corrected chi connectivity index (χ4v) is 2.18. The molecule has 0 saturated heterocycles. The van der Waals surface area contributed by atoms with Crippen molar-refractivity contribution in [3.63, 3.8) is 0 Å². The quantitative estimate of drug-likeness (QED) is 0.700. The first-order valence-electron chi connectivity index (χ1n) is 6.59. The topological polar surface area (TPSA) is 52.2 Å². The number of ether oxygens (including phenoxy) is 1. The van der Waals surface area contributed by atoms with Gasteiger partial charge in [-0.25, -0.2) is 4.98 Å². The van der Waals surface area contributed by atoms with Gasteiger partial charge in [0, 0.05) is 30.9 Å². The molecule has 0 spiro atoms. The van der Waals surface area contributed by atoms with Gasteiger partial charge in [0.1, 0.15) is 5.76 Å². The summed E-state index contributed by atoms with van der Waals surface area (Å²) in [6, 6.07) is 7.94. The minimum atomic E-state index is 0.701. The van der Waals surface area contributed by atoms with Crippen LogP contribution < -0.4 is 10.1 Å². The van der Waals surface area contributed by atoms with Gasteiger partial charge in [-0.1, -0.05) is 12.1 Å². The number of aromatic nitrogens is 2. The van der Waals surface area contributed by atoms with E-state index in [1.807, 2.05) is 41.4 Å². The number of methoxy groups -OCH3 is 1. The standard InChI is InChI=1S/C15H17N3O2/c1-19-14-4-2-3-12-9-13(20-15(12)14)10-16-5-7-18-8-6-17-11-18/h2-4,6,8-9,11,16H,5,7,10H2,1H3. The van der Waals surface area contributed by atoms with Gasteiger partial charge in [-0.2, -0.15) is 0 Å². The molecular formula is C15H17N3O2. The third-order valence-corrected chi connectivity index (χ3v) is 3.18. The van der Waals surface area contributed by atoms with Crippen molar-refractivity contribution >= 4 is 11.0 Å². The smallest absolute Gasteiger partial charge is 0.176 e. The lowest BCUT2D eigenvalue weighted by atomic mass is 10.2. The van der Waals surface area contributed by atoms with E-state index in [4.69, 9.17) is 9.15 Å². The zero-order valence-electron chi connectivity index (χ0n) is 11.4. The van der Waals surface area contributed by atoms with Crippen LogP contribution in [0.2, 0.25) is 0 Å². The number of hydrogen-bond donors (Lipinski definition) is 1. The number of furan rings is 1. The number of rotatable bonds is 6. The molecular weight excluding hydrogens is 254 g/mol. The molecule has 20 heavy (non-hydrogen) atoms. The number of para-hydroxylation sites is 1. The summed E-state index contributed by atoms with van der Waals surface area (Å²) in [4.78, 5) is 4.01. The van der Waals surface area contributed by atoms with Gasteiger partial charge in [-0.3, -0.25) is 0 Å². The van der Waals surface area contributed by atoms with E-state index in [0.717, 1.165) is 35.6 Å². The monoisotopic (exact) mass is 271 g/mol.